The van der Waals surface area contributed by atoms with Crippen LogP contribution in [0.25, 0.3) is 11.0 Å². The van der Waals surface area contributed by atoms with Gasteiger partial charge in [-0.25, -0.2) is 9.97 Å². The van der Waals surface area contributed by atoms with E-state index in [0.29, 0.717) is 13.2 Å². The van der Waals surface area contributed by atoms with Gasteiger partial charge in [-0.3, -0.25) is 0 Å². The van der Waals surface area contributed by atoms with E-state index < -0.39 is 0 Å². The zero-order valence-electron chi connectivity index (χ0n) is 7.03. The van der Waals surface area contributed by atoms with Crippen molar-refractivity contribution < 1.29 is 4.74 Å². The van der Waals surface area contributed by atoms with Gasteiger partial charge in [-0.15, -0.1) is 0 Å². The SMILES string of the molecule is c1ccc2nc3c(nc2c1)COC3. The summed E-state index contributed by atoms with van der Waals surface area (Å²) in [7, 11) is 0. The molecule has 0 radical (unpaired) electrons. The second-order valence-electron chi connectivity index (χ2n) is 3.10. The van der Waals surface area contributed by atoms with E-state index >= 15 is 0 Å². The largest absolute Gasteiger partial charge is 0.369 e. The highest BCUT2D eigenvalue weighted by Gasteiger charge is 2.14. The van der Waals surface area contributed by atoms with Gasteiger partial charge in [-0.1, -0.05) is 12.1 Å². The van der Waals surface area contributed by atoms with Crippen LogP contribution in [0, 0.1) is 0 Å². The second-order valence-corrected chi connectivity index (χ2v) is 3.10. The van der Waals surface area contributed by atoms with Gasteiger partial charge in [-0.2, -0.15) is 0 Å². The quantitative estimate of drug-likeness (QED) is 0.606. The van der Waals surface area contributed by atoms with Gasteiger partial charge in [0.2, 0.25) is 0 Å². The van der Waals surface area contributed by atoms with Gasteiger partial charge in [0.15, 0.2) is 0 Å². The Morgan fingerprint density at radius 3 is 2.00 bits per heavy atom. The number of aromatic nitrogens is 2. The van der Waals surface area contributed by atoms with Gasteiger partial charge < -0.3 is 4.74 Å². The molecule has 0 unspecified atom stereocenters. The number of benzene rings is 1. The number of fused-ring (bicyclic) bond motifs is 2. The Morgan fingerprint density at radius 1 is 0.923 bits per heavy atom. The number of para-hydroxylation sites is 2. The predicted octanol–water partition coefficient (Wildman–Crippen LogP) is 1.66. The van der Waals surface area contributed by atoms with Gasteiger partial charge in [0.05, 0.1) is 35.6 Å². The van der Waals surface area contributed by atoms with Crippen LogP contribution >= 0.6 is 0 Å². The Balaban J connectivity index is 2.36. The molecular formula is C10H8N2O. The first-order chi connectivity index (χ1) is 6.43. The van der Waals surface area contributed by atoms with Crippen LogP contribution in [0.5, 0.6) is 0 Å². The maximum Gasteiger partial charge on any atom is 0.0913 e. The molecule has 0 atom stereocenters. The number of ether oxygens (including phenoxy) is 1. The van der Waals surface area contributed by atoms with Gasteiger partial charge >= 0.3 is 0 Å². The smallest absolute Gasteiger partial charge is 0.0913 e. The van der Waals surface area contributed by atoms with Gasteiger partial charge in [0.25, 0.3) is 0 Å². The van der Waals surface area contributed by atoms with E-state index in [1.54, 1.807) is 0 Å². The van der Waals surface area contributed by atoms with E-state index in [1.165, 1.54) is 0 Å². The molecule has 3 heteroatoms. The molecular weight excluding hydrogens is 164 g/mol. The summed E-state index contributed by atoms with van der Waals surface area (Å²) in [5, 5.41) is 0. The fourth-order valence-electron chi connectivity index (χ4n) is 1.55. The Morgan fingerprint density at radius 2 is 1.46 bits per heavy atom. The van der Waals surface area contributed by atoms with Gasteiger partial charge in [-0.05, 0) is 12.1 Å². The van der Waals surface area contributed by atoms with Crippen LogP contribution in [-0.4, -0.2) is 9.97 Å². The maximum atomic E-state index is 5.26. The van der Waals surface area contributed by atoms with Crippen molar-refractivity contribution in [3.63, 3.8) is 0 Å². The lowest BCUT2D eigenvalue weighted by atomic mass is 10.2. The molecule has 1 aliphatic heterocycles. The van der Waals surface area contributed by atoms with Crippen LogP contribution in [0.15, 0.2) is 24.3 Å². The topological polar surface area (TPSA) is 35.0 Å². The molecule has 0 saturated carbocycles. The molecule has 0 spiro atoms. The molecule has 1 aliphatic rings. The summed E-state index contributed by atoms with van der Waals surface area (Å²) in [6, 6.07) is 7.89. The molecule has 0 saturated heterocycles. The summed E-state index contributed by atoms with van der Waals surface area (Å²) in [4.78, 5) is 8.94. The zero-order valence-corrected chi connectivity index (χ0v) is 7.03. The molecule has 1 aromatic carbocycles. The first-order valence-electron chi connectivity index (χ1n) is 4.26. The molecule has 3 rings (SSSR count). The highest BCUT2D eigenvalue weighted by Crippen LogP contribution is 2.18. The molecule has 0 bridgehead atoms. The minimum atomic E-state index is 0.604. The van der Waals surface area contributed by atoms with Crippen LogP contribution < -0.4 is 0 Å². The molecule has 0 aliphatic carbocycles. The highest BCUT2D eigenvalue weighted by atomic mass is 16.5. The van der Waals surface area contributed by atoms with E-state index in [1.807, 2.05) is 24.3 Å². The predicted molar refractivity (Wildman–Crippen MR) is 48.0 cm³/mol. The van der Waals surface area contributed by atoms with Crippen molar-refractivity contribution in [2.75, 3.05) is 0 Å². The summed E-state index contributed by atoms with van der Waals surface area (Å²) in [5.74, 6) is 0. The maximum absolute atomic E-state index is 5.26. The number of rotatable bonds is 0. The van der Waals surface area contributed by atoms with Crippen LogP contribution in [0.4, 0.5) is 0 Å². The first-order valence-corrected chi connectivity index (χ1v) is 4.26. The lowest BCUT2D eigenvalue weighted by molar-refractivity contribution is 0.132. The third kappa shape index (κ3) is 1.01. The van der Waals surface area contributed by atoms with E-state index in [9.17, 15) is 0 Å². The Hall–Kier alpha value is -1.48. The van der Waals surface area contributed by atoms with Crippen LogP contribution in [0.2, 0.25) is 0 Å². The second kappa shape index (κ2) is 2.50. The van der Waals surface area contributed by atoms with E-state index in [-0.39, 0.29) is 0 Å². The summed E-state index contributed by atoms with van der Waals surface area (Å²) in [6.45, 7) is 1.21. The van der Waals surface area contributed by atoms with E-state index in [4.69, 9.17) is 4.74 Å². The fraction of sp³-hybridized carbons (Fsp3) is 0.200. The number of hydrogen-bond acceptors (Lipinski definition) is 3. The third-order valence-electron chi connectivity index (χ3n) is 2.20. The summed E-state index contributed by atoms with van der Waals surface area (Å²) in [6.07, 6.45) is 0. The summed E-state index contributed by atoms with van der Waals surface area (Å²) >= 11 is 0. The van der Waals surface area contributed by atoms with Crippen molar-refractivity contribution in [2.45, 2.75) is 13.2 Å². The lowest BCUT2D eigenvalue weighted by Gasteiger charge is -1.98. The molecule has 1 aromatic heterocycles. The third-order valence-corrected chi connectivity index (χ3v) is 2.20. The van der Waals surface area contributed by atoms with Crippen molar-refractivity contribution >= 4 is 11.0 Å². The van der Waals surface area contributed by atoms with Crippen LogP contribution in [-0.2, 0) is 18.0 Å². The highest BCUT2D eigenvalue weighted by molar-refractivity contribution is 5.74. The summed E-state index contributed by atoms with van der Waals surface area (Å²) in [5.41, 5.74) is 3.87. The average molecular weight is 172 g/mol. The van der Waals surface area contributed by atoms with Crippen LogP contribution in [0.3, 0.4) is 0 Å². The Kier molecular flexibility index (Phi) is 1.34. The van der Waals surface area contributed by atoms with Crippen molar-refractivity contribution in [1.82, 2.24) is 9.97 Å². The molecule has 3 nitrogen and oxygen atoms in total. The molecule has 2 aromatic rings. The number of nitrogens with zero attached hydrogens (tertiary/aromatic N) is 2. The van der Waals surface area contributed by atoms with Crippen LogP contribution in [0.1, 0.15) is 11.4 Å². The van der Waals surface area contributed by atoms with E-state index in [0.717, 1.165) is 22.4 Å². The normalized spacial score (nSPS) is 14.8. The monoisotopic (exact) mass is 172 g/mol. The van der Waals surface area contributed by atoms with Crippen molar-refractivity contribution in [3.8, 4) is 0 Å². The molecule has 0 fully saturated rings. The van der Waals surface area contributed by atoms with Crippen molar-refractivity contribution in [2.24, 2.45) is 0 Å². The van der Waals surface area contributed by atoms with Gasteiger partial charge in [0.1, 0.15) is 0 Å². The Labute approximate surface area is 75.4 Å². The minimum absolute atomic E-state index is 0.604. The minimum Gasteiger partial charge on any atom is -0.369 e. The molecule has 2 heterocycles. The summed E-state index contributed by atoms with van der Waals surface area (Å²) < 4.78 is 5.26. The van der Waals surface area contributed by atoms with Crippen molar-refractivity contribution in [3.05, 3.63) is 35.7 Å². The average Bonchev–Trinajstić information content (AvgIpc) is 2.61. The molecule has 13 heavy (non-hydrogen) atoms. The number of hydrogen-bond donors (Lipinski definition) is 0. The fourth-order valence-corrected chi connectivity index (χ4v) is 1.55. The Bertz CT molecular complexity index is 425. The van der Waals surface area contributed by atoms with E-state index in [2.05, 4.69) is 9.97 Å². The standard InChI is InChI=1S/C10H8N2O/c1-2-4-8-7(3-1)11-9-5-13-6-10(9)12-8/h1-4H,5-6H2. The molecule has 0 amide bonds. The molecule has 64 valence electrons. The van der Waals surface area contributed by atoms with Gasteiger partial charge in [0, 0.05) is 0 Å². The zero-order chi connectivity index (χ0) is 8.67. The van der Waals surface area contributed by atoms with Crippen molar-refractivity contribution in [1.29, 1.82) is 0 Å². The first kappa shape index (κ1) is 6.97. The lowest BCUT2D eigenvalue weighted by Crippen LogP contribution is -1.93. The molecule has 0 N–H and O–H groups in total.